The molecule has 13 rings (SSSR count). The second kappa shape index (κ2) is 17.9. The van der Waals surface area contributed by atoms with Crippen LogP contribution in [0.1, 0.15) is 0 Å². The highest BCUT2D eigenvalue weighted by atomic mass is 32.1. The zero-order chi connectivity index (χ0) is 49.3. The lowest BCUT2D eigenvalue weighted by atomic mass is 9.60. The Hall–Kier alpha value is -8.66. The van der Waals surface area contributed by atoms with E-state index in [0.717, 1.165) is 76.7 Å². The number of fused-ring (bicyclic) bond motifs is 6. The Bertz CT molecular complexity index is 4200. The smallest absolute Gasteiger partial charge is 0.166 e. The normalized spacial score (nSPS) is 11.6. The Labute approximate surface area is 431 Å². The van der Waals surface area contributed by atoms with E-state index in [4.69, 9.17) is 29.9 Å². The van der Waals surface area contributed by atoms with E-state index in [1.807, 2.05) is 54.6 Å². The van der Waals surface area contributed by atoms with Gasteiger partial charge in [0.1, 0.15) is 39.2 Å². The maximum absolute atomic E-state index is 5.56. The van der Waals surface area contributed by atoms with Crippen LogP contribution in [0.3, 0.4) is 0 Å². The minimum atomic E-state index is 0.590. The van der Waals surface area contributed by atoms with Crippen molar-refractivity contribution in [3.05, 3.63) is 194 Å². The van der Waals surface area contributed by atoms with Gasteiger partial charge in [0.05, 0.1) is 16.7 Å². The Morgan fingerprint density at radius 1 is 0.329 bits per heavy atom. The van der Waals surface area contributed by atoms with Crippen LogP contribution in [0.5, 0.6) is 0 Å². The summed E-state index contributed by atoms with van der Waals surface area (Å²) in [4.78, 5) is 31.8. The van der Waals surface area contributed by atoms with Gasteiger partial charge in [0.2, 0.25) is 0 Å². The molecule has 0 radical (unpaired) electrons. The third-order valence-corrected chi connectivity index (χ3v) is 15.9. The van der Waals surface area contributed by atoms with Gasteiger partial charge in [-0.2, -0.15) is 0 Å². The molecule has 0 spiro atoms. The molecule has 0 aliphatic carbocycles. The van der Waals surface area contributed by atoms with Crippen LogP contribution in [0, 0.1) is 0 Å². The first kappa shape index (κ1) is 44.3. The summed E-state index contributed by atoms with van der Waals surface area (Å²) in [5.41, 5.74) is 17.1. The third kappa shape index (κ3) is 7.49. The van der Waals surface area contributed by atoms with Gasteiger partial charge >= 0.3 is 0 Å². The van der Waals surface area contributed by atoms with Crippen molar-refractivity contribution in [2.45, 2.75) is 0 Å². The zero-order valence-corrected chi connectivity index (χ0v) is 41.8. The second-order valence-corrected chi connectivity index (χ2v) is 19.8. The minimum Gasteiger partial charge on any atom is -0.309 e. The molecular weight excluding hydrogens is 905 g/mol. The van der Waals surface area contributed by atoms with E-state index in [2.05, 4.69) is 183 Å². The number of nitrogens with zero attached hydrogens (tertiary/aromatic N) is 7. The maximum atomic E-state index is 5.56. The molecule has 0 saturated carbocycles. The summed E-state index contributed by atoms with van der Waals surface area (Å²) in [5.74, 6) is 3.73. The van der Waals surface area contributed by atoms with Gasteiger partial charge in [0.15, 0.2) is 34.9 Å². The highest BCUT2D eigenvalue weighted by molar-refractivity contribution is 7.26. The van der Waals surface area contributed by atoms with E-state index >= 15 is 0 Å². The van der Waals surface area contributed by atoms with Crippen LogP contribution in [0.25, 0.3) is 127 Å². The summed E-state index contributed by atoms with van der Waals surface area (Å²) in [5, 5.41) is 4.66. The average molecular weight is 947 g/mol. The van der Waals surface area contributed by atoms with Gasteiger partial charge < -0.3 is 4.57 Å². The molecular formula is C60H42B5N7S. The number of benzene rings is 9. The van der Waals surface area contributed by atoms with E-state index in [-0.39, 0.29) is 0 Å². The Morgan fingerprint density at radius 2 is 0.753 bits per heavy atom. The predicted octanol–water partition coefficient (Wildman–Crippen LogP) is 6.48. The van der Waals surface area contributed by atoms with Gasteiger partial charge in [-0.15, -0.1) is 27.7 Å². The number of para-hydroxylation sites is 2. The fourth-order valence-electron chi connectivity index (χ4n) is 10.6. The highest BCUT2D eigenvalue weighted by Gasteiger charge is 2.25. The molecule has 13 aromatic rings. The van der Waals surface area contributed by atoms with Crippen molar-refractivity contribution in [1.82, 2.24) is 34.5 Å². The number of aromatic nitrogens is 7. The van der Waals surface area contributed by atoms with Gasteiger partial charge in [0.25, 0.3) is 0 Å². The molecule has 0 fully saturated rings. The van der Waals surface area contributed by atoms with Crippen LogP contribution in [0.2, 0.25) is 0 Å². The predicted molar refractivity (Wildman–Crippen MR) is 319 cm³/mol. The quantitative estimate of drug-likeness (QED) is 0.163. The Balaban J connectivity index is 1.10. The van der Waals surface area contributed by atoms with E-state index in [0.29, 0.717) is 34.9 Å². The van der Waals surface area contributed by atoms with E-state index in [9.17, 15) is 0 Å². The van der Waals surface area contributed by atoms with E-state index in [1.165, 1.54) is 42.8 Å². The minimum absolute atomic E-state index is 0.590. The van der Waals surface area contributed by atoms with Crippen molar-refractivity contribution < 1.29 is 0 Å². The molecule has 0 saturated heterocycles. The van der Waals surface area contributed by atoms with E-state index in [1.54, 1.807) is 11.3 Å². The lowest BCUT2D eigenvalue weighted by Crippen LogP contribution is -2.55. The van der Waals surface area contributed by atoms with Crippen molar-refractivity contribution in [3.8, 4) is 85.1 Å². The van der Waals surface area contributed by atoms with Crippen molar-refractivity contribution in [2.75, 3.05) is 0 Å². The molecule has 0 N–H and O–H groups in total. The van der Waals surface area contributed by atoms with Crippen LogP contribution >= 0.6 is 11.3 Å². The first-order valence-corrected chi connectivity index (χ1v) is 25.4. The average Bonchev–Trinajstić information content (AvgIpc) is 4.01. The largest absolute Gasteiger partial charge is 0.309 e. The number of rotatable bonds is 8. The summed E-state index contributed by atoms with van der Waals surface area (Å²) in [6.07, 6.45) is 0. The van der Waals surface area contributed by atoms with Gasteiger partial charge in [-0.25, -0.2) is 29.9 Å². The van der Waals surface area contributed by atoms with Crippen molar-refractivity contribution in [2.24, 2.45) is 0 Å². The molecule has 338 valence electrons. The molecule has 0 atom stereocenters. The first-order valence-electron chi connectivity index (χ1n) is 24.6. The third-order valence-electron chi connectivity index (χ3n) is 14.7. The van der Waals surface area contributed by atoms with Crippen LogP contribution < -0.4 is 27.3 Å². The van der Waals surface area contributed by atoms with Crippen LogP contribution in [0.15, 0.2) is 194 Å². The molecule has 4 heterocycles. The second-order valence-electron chi connectivity index (χ2n) is 18.8. The van der Waals surface area contributed by atoms with Crippen LogP contribution in [-0.2, 0) is 0 Å². The van der Waals surface area contributed by atoms with Gasteiger partial charge in [-0.3, -0.25) is 0 Å². The lowest BCUT2D eigenvalue weighted by Gasteiger charge is -2.20. The molecule has 73 heavy (non-hydrogen) atoms. The molecule has 0 bridgehead atoms. The van der Waals surface area contributed by atoms with Gasteiger partial charge in [0, 0.05) is 64.3 Å². The van der Waals surface area contributed by atoms with Crippen LogP contribution in [0.4, 0.5) is 0 Å². The van der Waals surface area contributed by atoms with Crippen LogP contribution in [-0.4, -0.2) is 73.7 Å². The standard InChI is InChI=1S/C60H42B5N7S/c61-49-48(50(62)52(64)53(65)51(49)63)60-70-57(35-20-8-3-9-21-35)69-59(71-60)42-32-36(28-31-45(42)72-43-25-13-10-22-38(43)39-23-11-14-26-44(39)72)37-29-30-41(54-47(37)40-24-12-15-27-46(40)73-54)58-67-55(33-16-4-1-5-17-33)66-56(68-58)34-18-6-2-7-19-34/h1-32H,61-65H2. The summed E-state index contributed by atoms with van der Waals surface area (Å²) >= 11 is 1.77. The molecule has 0 aliphatic heterocycles. The fraction of sp³-hybridized carbons (Fsp3) is 0. The maximum Gasteiger partial charge on any atom is 0.166 e. The van der Waals surface area contributed by atoms with Crippen molar-refractivity contribution in [3.63, 3.8) is 0 Å². The fourth-order valence-corrected chi connectivity index (χ4v) is 11.8. The Morgan fingerprint density at radius 3 is 1.32 bits per heavy atom. The Kier molecular flexibility index (Phi) is 10.9. The zero-order valence-electron chi connectivity index (χ0n) is 41.0. The van der Waals surface area contributed by atoms with Gasteiger partial charge in [-0.1, -0.05) is 169 Å². The molecule has 7 nitrogen and oxygen atoms in total. The summed E-state index contributed by atoms with van der Waals surface area (Å²) in [6, 6.07) is 67.8. The summed E-state index contributed by atoms with van der Waals surface area (Å²) in [7, 11) is 11.0. The van der Waals surface area contributed by atoms with Crippen molar-refractivity contribution in [1.29, 1.82) is 0 Å². The molecule has 0 unspecified atom stereocenters. The molecule has 9 aromatic carbocycles. The van der Waals surface area contributed by atoms with Gasteiger partial charge in [-0.05, 0) is 47.5 Å². The summed E-state index contributed by atoms with van der Waals surface area (Å²) in [6.45, 7) is 0. The van der Waals surface area contributed by atoms with Crippen molar-refractivity contribution >= 4 is 120 Å². The monoisotopic (exact) mass is 947 g/mol. The number of thiophene rings is 1. The summed E-state index contributed by atoms with van der Waals surface area (Å²) < 4.78 is 4.65. The SMILES string of the molecule is Bc1c(B)c(B)c(-c2nc(-c3ccccc3)nc(-c3cc(-c4ccc(-c5nc(-c6ccccc6)nc(-c6ccccc6)n5)c5sc6ccccc6c45)ccc3-n3c4ccccc4c4ccccc43)n2)c(B)c1B. The molecule has 4 aromatic heterocycles. The lowest BCUT2D eigenvalue weighted by molar-refractivity contribution is 1.07. The molecule has 13 heteroatoms. The number of hydrogen-bond acceptors (Lipinski definition) is 7. The molecule has 0 amide bonds. The van der Waals surface area contributed by atoms with E-state index < -0.39 is 0 Å². The topological polar surface area (TPSA) is 82.3 Å². The highest BCUT2D eigenvalue weighted by Crippen LogP contribution is 2.46. The molecule has 0 aliphatic rings. The number of hydrogen-bond donors (Lipinski definition) is 0. The first-order chi connectivity index (χ1) is 35.8.